The number of hydrogen-bond acceptors (Lipinski definition) is 4. The molecule has 3 heterocycles. The van der Waals surface area contributed by atoms with Gasteiger partial charge < -0.3 is 0 Å². The maximum atomic E-state index is 4.28. The molecule has 6 heteroatoms. The van der Waals surface area contributed by atoms with E-state index in [2.05, 4.69) is 43.6 Å². The zero-order chi connectivity index (χ0) is 10.3. The molecule has 0 radical (unpaired) electrons. The van der Waals surface area contributed by atoms with E-state index in [4.69, 9.17) is 0 Å². The highest BCUT2D eigenvalue weighted by molar-refractivity contribution is 14.1. The molecule has 4 nitrogen and oxygen atoms in total. The van der Waals surface area contributed by atoms with Crippen LogP contribution in [-0.4, -0.2) is 19.5 Å². The minimum absolute atomic E-state index is 0.894. The number of halogens is 1. The fraction of sp³-hybridized carbons (Fsp3) is 0. The van der Waals surface area contributed by atoms with E-state index in [1.165, 1.54) is 2.88 Å². The lowest BCUT2D eigenvalue weighted by Crippen LogP contribution is -1.94. The summed E-state index contributed by atoms with van der Waals surface area (Å²) in [6.45, 7) is 0. The van der Waals surface area contributed by atoms with Crippen LogP contribution in [0.3, 0.4) is 0 Å². The van der Waals surface area contributed by atoms with E-state index in [-0.39, 0.29) is 0 Å². The summed E-state index contributed by atoms with van der Waals surface area (Å²) in [5, 5.41) is 0. The van der Waals surface area contributed by atoms with Crippen molar-refractivity contribution >= 4 is 44.1 Å². The summed E-state index contributed by atoms with van der Waals surface area (Å²) in [7, 11) is 0. The first-order chi connectivity index (χ1) is 7.34. The molecule has 3 aromatic rings. The van der Waals surface area contributed by atoms with Gasteiger partial charge in [-0.25, -0.2) is 15.0 Å². The average molecular weight is 328 g/mol. The second-order valence-corrected chi connectivity index (χ2v) is 5.88. The third-order valence-corrected chi connectivity index (χ3v) is 3.89. The topological polar surface area (TPSA) is 43.6 Å². The molecule has 0 fully saturated rings. The van der Waals surface area contributed by atoms with Gasteiger partial charge in [0.25, 0.3) is 0 Å². The van der Waals surface area contributed by atoms with Crippen LogP contribution in [0.25, 0.3) is 16.0 Å². The van der Waals surface area contributed by atoms with Crippen molar-refractivity contribution in [2.45, 2.75) is 0 Å². The van der Waals surface area contributed by atoms with Gasteiger partial charge in [0.2, 0.25) is 0 Å². The summed E-state index contributed by atoms with van der Waals surface area (Å²) in [6.07, 6.45) is 6.95. The zero-order valence-electron chi connectivity index (χ0n) is 7.46. The Hall–Kier alpha value is -1.02. The fourth-order valence-corrected chi connectivity index (χ4v) is 3.17. The zero-order valence-corrected chi connectivity index (χ0v) is 10.4. The SMILES string of the molecule is Ic1cc2ncnc(-n3ccnc3)c2s1. The lowest BCUT2D eigenvalue weighted by molar-refractivity contribution is 0.996. The largest absolute Gasteiger partial charge is 0.289 e. The summed E-state index contributed by atoms with van der Waals surface area (Å²) in [6, 6.07) is 2.06. The van der Waals surface area contributed by atoms with Gasteiger partial charge in [-0.3, -0.25) is 4.57 Å². The van der Waals surface area contributed by atoms with Gasteiger partial charge in [0.05, 0.1) is 13.1 Å². The van der Waals surface area contributed by atoms with Gasteiger partial charge >= 0.3 is 0 Å². The number of aromatic nitrogens is 4. The van der Waals surface area contributed by atoms with Crippen LogP contribution < -0.4 is 0 Å². The number of rotatable bonds is 1. The molecule has 0 unspecified atom stereocenters. The molecule has 3 rings (SSSR count). The molecule has 0 aliphatic carbocycles. The van der Waals surface area contributed by atoms with E-state index >= 15 is 0 Å². The third-order valence-electron chi connectivity index (χ3n) is 2.01. The minimum atomic E-state index is 0.894. The molecule has 0 amide bonds. The molecule has 0 aromatic carbocycles. The van der Waals surface area contributed by atoms with Crippen LogP contribution in [-0.2, 0) is 0 Å². The van der Waals surface area contributed by atoms with Gasteiger partial charge in [0.15, 0.2) is 5.82 Å². The Balaban J connectivity index is 2.35. The first-order valence-electron chi connectivity index (χ1n) is 4.23. The summed E-state index contributed by atoms with van der Waals surface area (Å²) in [4.78, 5) is 12.5. The predicted octanol–water partition coefficient (Wildman–Crippen LogP) is 2.48. The van der Waals surface area contributed by atoms with Crippen molar-refractivity contribution < 1.29 is 0 Å². The van der Waals surface area contributed by atoms with Crippen LogP contribution in [0.5, 0.6) is 0 Å². The molecule has 74 valence electrons. The lowest BCUT2D eigenvalue weighted by atomic mass is 10.4. The molecule has 0 bridgehead atoms. The smallest absolute Gasteiger partial charge is 0.159 e. The highest BCUT2D eigenvalue weighted by Crippen LogP contribution is 2.28. The van der Waals surface area contributed by atoms with Gasteiger partial charge in [-0.15, -0.1) is 11.3 Å². The molecular formula is C9H5IN4S. The molecule has 0 atom stereocenters. The highest BCUT2D eigenvalue weighted by atomic mass is 127. The van der Waals surface area contributed by atoms with E-state index in [1.807, 2.05) is 10.8 Å². The second-order valence-electron chi connectivity index (χ2n) is 2.93. The summed E-state index contributed by atoms with van der Waals surface area (Å²) in [5.74, 6) is 0.894. The van der Waals surface area contributed by atoms with Crippen molar-refractivity contribution in [2.24, 2.45) is 0 Å². The van der Waals surface area contributed by atoms with E-state index in [1.54, 1.807) is 30.2 Å². The van der Waals surface area contributed by atoms with Gasteiger partial charge in [0.1, 0.15) is 12.7 Å². The van der Waals surface area contributed by atoms with E-state index < -0.39 is 0 Å². The van der Waals surface area contributed by atoms with Gasteiger partial charge in [-0.2, -0.15) is 0 Å². The summed E-state index contributed by atoms with van der Waals surface area (Å²) in [5.41, 5.74) is 0.989. The normalized spacial score (nSPS) is 11.0. The summed E-state index contributed by atoms with van der Waals surface area (Å²) < 4.78 is 4.21. The van der Waals surface area contributed by atoms with Gasteiger partial charge in [-0.1, -0.05) is 0 Å². The molecule has 0 saturated heterocycles. The maximum Gasteiger partial charge on any atom is 0.159 e. The van der Waals surface area contributed by atoms with Crippen LogP contribution in [0.1, 0.15) is 0 Å². The van der Waals surface area contributed by atoms with Crippen LogP contribution in [0.15, 0.2) is 31.1 Å². The van der Waals surface area contributed by atoms with Crippen molar-refractivity contribution in [3.05, 3.63) is 34.0 Å². The molecule has 0 saturated carbocycles. The number of nitrogens with zero attached hydrogens (tertiary/aromatic N) is 4. The monoisotopic (exact) mass is 328 g/mol. The Morgan fingerprint density at radius 1 is 1.33 bits per heavy atom. The highest BCUT2D eigenvalue weighted by Gasteiger charge is 2.08. The molecule has 0 spiro atoms. The Bertz CT molecular complexity index is 602. The number of fused-ring (bicyclic) bond motifs is 1. The first-order valence-corrected chi connectivity index (χ1v) is 6.12. The third kappa shape index (κ3) is 1.53. The van der Waals surface area contributed by atoms with Crippen molar-refractivity contribution in [3.8, 4) is 5.82 Å². The van der Waals surface area contributed by atoms with Crippen LogP contribution >= 0.6 is 33.9 Å². The second kappa shape index (κ2) is 3.53. The Labute approximate surface area is 103 Å². The van der Waals surface area contributed by atoms with Gasteiger partial charge in [-0.05, 0) is 28.7 Å². The summed E-state index contributed by atoms with van der Waals surface area (Å²) >= 11 is 3.98. The van der Waals surface area contributed by atoms with Crippen molar-refractivity contribution in [3.63, 3.8) is 0 Å². The van der Waals surface area contributed by atoms with Crippen molar-refractivity contribution in [1.29, 1.82) is 0 Å². The molecule has 0 aliphatic heterocycles. The maximum absolute atomic E-state index is 4.28. The molecule has 0 aliphatic rings. The number of thiophene rings is 1. The molecular weight excluding hydrogens is 323 g/mol. The van der Waals surface area contributed by atoms with Crippen molar-refractivity contribution in [2.75, 3.05) is 0 Å². The predicted molar refractivity (Wildman–Crippen MR) is 67.3 cm³/mol. The minimum Gasteiger partial charge on any atom is -0.289 e. The molecule has 15 heavy (non-hydrogen) atoms. The van der Waals surface area contributed by atoms with E-state index in [0.717, 1.165) is 16.0 Å². The Morgan fingerprint density at radius 3 is 3.07 bits per heavy atom. The Morgan fingerprint density at radius 2 is 2.27 bits per heavy atom. The van der Waals surface area contributed by atoms with Crippen LogP contribution in [0, 0.1) is 2.88 Å². The lowest BCUT2D eigenvalue weighted by Gasteiger charge is -2.00. The quantitative estimate of drug-likeness (QED) is 0.645. The number of hydrogen-bond donors (Lipinski definition) is 0. The standard InChI is InChI=1S/C9H5IN4S/c10-7-3-6-8(15-7)9(13-4-12-6)14-2-1-11-5-14/h1-5H. The van der Waals surface area contributed by atoms with E-state index in [9.17, 15) is 0 Å². The average Bonchev–Trinajstić information content (AvgIpc) is 2.82. The first kappa shape index (κ1) is 9.22. The van der Waals surface area contributed by atoms with Crippen LogP contribution in [0.4, 0.5) is 0 Å². The molecule has 3 aromatic heterocycles. The molecule has 0 N–H and O–H groups in total. The van der Waals surface area contributed by atoms with Gasteiger partial charge in [0, 0.05) is 12.4 Å². The van der Waals surface area contributed by atoms with Crippen molar-refractivity contribution in [1.82, 2.24) is 19.5 Å². The fourth-order valence-electron chi connectivity index (χ4n) is 1.38. The Kier molecular flexibility index (Phi) is 2.17. The van der Waals surface area contributed by atoms with Crippen LogP contribution in [0.2, 0.25) is 0 Å². The number of imidazole rings is 1. The van der Waals surface area contributed by atoms with E-state index in [0.29, 0.717) is 0 Å².